The number of carbonyl (C=O) groups is 2. The van der Waals surface area contributed by atoms with E-state index in [2.05, 4.69) is 4.98 Å². The van der Waals surface area contributed by atoms with E-state index in [4.69, 9.17) is 9.90 Å². The molecule has 2 heterocycles. The molecule has 1 atom stereocenters. The minimum absolute atomic E-state index is 0.0944. The van der Waals surface area contributed by atoms with Gasteiger partial charge in [-0.05, 0) is 60.6 Å². The Morgan fingerprint density at radius 1 is 1.33 bits per heavy atom. The summed E-state index contributed by atoms with van der Waals surface area (Å²) in [5.74, 6) is 0.0970. The fourth-order valence-corrected chi connectivity index (χ4v) is 3.20. The number of carbonyl (C=O) groups excluding carboxylic acids is 1. The first-order valence-electron chi connectivity index (χ1n) is 8.66. The van der Waals surface area contributed by atoms with Gasteiger partial charge in [0.25, 0.3) is 12.4 Å². The molecule has 144 valence electrons. The van der Waals surface area contributed by atoms with Gasteiger partial charge in [0, 0.05) is 19.3 Å². The van der Waals surface area contributed by atoms with E-state index < -0.39 is 0 Å². The third kappa shape index (κ3) is 5.59. The van der Waals surface area contributed by atoms with Crippen LogP contribution in [-0.2, 0) is 17.8 Å². The van der Waals surface area contributed by atoms with Crippen LogP contribution in [0.2, 0.25) is 0 Å². The molecule has 2 aromatic rings. The van der Waals surface area contributed by atoms with E-state index in [1.54, 1.807) is 25.3 Å². The van der Waals surface area contributed by atoms with Crippen LogP contribution in [0.4, 0.5) is 4.39 Å². The zero-order valence-electron chi connectivity index (χ0n) is 15.1. The van der Waals surface area contributed by atoms with Crippen LogP contribution < -0.4 is 0 Å². The number of rotatable bonds is 4. The smallest absolute Gasteiger partial charge is 0.290 e. The molecule has 0 saturated carbocycles. The predicted molar refractivity (Wildman–Crippen MR) is 97.7 cm³/mol. The molecule has 1 aromatic heterocycles. The highest BCUT2D eigenvalue weighted by Gasteiger charge is 2.27. The molecule has 1 unspecified atom stereocenters. The van der Waals surface area contributed by atoms with Gasteiger partial charge in [-0.15, -0.1) is 0 Å². The number of aryl methyl sites for hydroxylation is 1. The van der Waals surface area contributed by atoms with Crippen molar-refractivity contribution >= 4 is 12.4 Å². The Bertz CT molecular complexity index is 797. The van der Waals surface area contributed by atoms with Crippen molar-refractivity contribution in [1.82, 2.24) is 9.88 Å². The Morgan fingerprint density at radius 3 is 2.74 bits per heavy atom. The van der Waals surface area contributed by atoms with Gasteiger partial charge in [0.05, 0.1) is 6.61 Å². The Kier molecular flexibility index (Phi) is 7.43. The second-order valence-electron chi connectivity index (χ2n) is 6.51. The van der Waals surface area contributed by atoms with Gasteiger partial charge in [0.1, 0.15) is 11.5 Å². The maximum absolute atomic E-state index is 13.4. The Hall–Kier alpha value is -2.80. The van der Waals surface area contributed by atoms with E-state index >= 15 is 0 Å². The van der Waals surface area contributed by atoms with Gasteiger partial charge in [-0.3, -0.25) is 14.6 Å². The summed E-state index contributed by atoms with van der Waals surface area (Å²) in [6.07, 6.45) is 3.32. The van der Waals surface area contributed by atoms with Gasteiger partial charge in [-0.1, -0.05) is 12.1 Å². The van der Waals surface area contributed by atoms with Gasteiger partial charge in [0.15, 0.2) is 0 Å². The lowest BCUT2D eigenvalue weighted by molar-refractivity contribution is -0.122. The molecule has 27 heavy (non-hydrogen) atoms. The molecule has 0 aliphatic carbocycles. The van der Waals surface area contributed by atoms with Crippen LogP contribution in [0.3, 0.4) is 0 Å². The number of hydrogen-bond acceptors (Lipinski definition) is 4. The summed E-state index contributed by atoms with van der Waals surface area (Å²) in [4.78, 5) is 26.8. The summed E-state index contributed by atoms with van der Waals surface area (Å²) in [6.45, 7) is 2.80. The minimum Gasteiger partial charge on any atom is -0.483 e. The van der Waals surface area contributed by atoms with Gasteiger partial charge >= 0.3 is 0 Å². The number of benzene rings is 1. The topological polar surface area (TPSA) is 90.7 Å². The highest BCUT2D eigenvalue weighted by atomic mass is 19.1. The minimum atomic E-state index is -0.250. The molecule has 6 nitrogen and oxygen atoms in total. The molecule has 1 aliphatic rings. The van der Waals surface area contributed by atoms with Gasteiger partial charge in [0.2, 0.25) is 0 Å². The highest BCUT2D eigenvalue weighted by molar-refractivity contribution is 5.92. The zero-order valence-corrected chi connectivity index (χ0v) is 15.1. The maximum Gasteiger partial charge on any atom is 0.290 e. The molecule has 3 rings (SSSR count). The zero-order chi connectivity index (χ0) is 19.8. The van der Waals surface area contributed by atoms with Crippen LogP contribution in [0.15, 0.2) is 36.5 Å². The number of amides is 1. The second kappa shape index (κ2) is 9.78. The average molecular weight is 374 g/mol. The Morgan fingerprint density at radius 2 is 2.07 bits per heavy atom. The van der Waals surface area contributed by atoms with Gasteiger partial charge in [-0.2, -0.15) is 0 Å². The summed E-state index contributed by atoms with van der Waals surface area (Å²) in [5, 5.41) is 16.1. The number of halogens is 1. The van der Waals surface area contributed by atoms with Crippen LogP contribution in [0.5, 0.6) is 0 Å². The molecule has 0 radical (unpaired) electrons. The largest absolute Gasteiger partial charge is 0.483 e. The summed E-state index contributed by atoms with van der Waals surface area (Å²) in [7, 11) is 0. The van der Waals surface area contributed by atoms with Crippen molar-refractivity contribution in [3.63, 3.8) is 0 Å². The Balaban J connectivity index is 0.000000817. The van der Waals surface area contributed by atoms with Crippen molar-refractivity contribution in [3.8, 4) is 0 Å². The van der Waals surface area contributed by atoms with E-state index in [1.807, 2.05) is 17.0 Å². The first-order chi connectivity index (χ1) is 13.0. The lowest BCUT2D eigenvalue weighted by Gasteiger charge is -2.16. The van der Waals surface area contributed by atoms with Crippen molar-refractivity contribution in [3.05, 3.63) is 64.7 Å². The molecular formula is C20H23FN2O4. The van der Waals surface area contributed by atoms with Crippen molar-refractivity contribution < 1.29 is 24.2 Å². The number of pyridine rings is 1. The number of nitrogens with zero attached hydrogens (tertiary/aromatic N) is 2. The van der Waals surface area contributed by atoms with E-state index in [0.717, 1.165) is 18.4 Å². The van der Waals surface area contributed by atoms with Crippen molar-refractivity contribution in [2.24, 2.45) is 5.92 Å². The molecule has 0 bridgehead atoms. The number of aliphatic hydroxyl groups excluding tert-OH is 1. The molecule has 7 heteroatoms. The first-order valence-corrected chi connectivity index (χ1v) is 8.66. The van der Waals surface area contributed by atoms with Crippen molar-refractivity contribution in [2.75, 3.05) is 13.1 Å². The molecule has 1 saturated heterocycles. The first kappa shape index (κ1) is 20.5. The molecule has 1 aromatic carbocycles. The lowest BCUT2D eigenvalue weighted by Crippen LogP contribution is -2.29. The second-order valence-corrected chi connectivity index (χ2v) is 6.51. The summed E-state index contributed by atoms with van der Waals surface area (Å²) < 4.78 is 13.4. The van der Waals surface area contributed by atoms with E-state index in [-0.39, 0.29) is 24.8 Å². The number of aliphatic hydroxyl groups is 1. The Labute approximate surface area is 157 Å². The molecule has 1 fully saturated rings. The van der Waals surface area contributed by atoms with Crippen LogP contribution in [0, 0.1) is 18.7 Å². The van der Waals surface area contributed by atoms with E-state index in [0.29, 0.717) is 35.8 Å². The third-order valence-corrected chi connectivity index (χ3v) is 4.55. The number of likely N-dealkylation sites (tertiary alicyclic amines) is 1. The molecule has 0 spiro atoms. The quantitative estimate of drug-likeness (QED) is 0.802. The van der Waals surface area contributed by atoms with Crippen molar-refractivity contribution in [1.29, 1.82) is 0 Å². The molecular weight excluding hydrogens is 351 g/mol. The van der Waals surface area contributed by atoms with E-state index in [9.17, 15) is 14.3 Å². The number of hydrogen-bond donors (Lipinski definition) is 2. The highest BCUT2D eigenvalue weighted by Crippen LogP contribution is 2.23. The normalized spacial score (nSPS) is 15.8. The predicted octanol–water partition coefficient (Wildman–Crippen LogP) is 2.43. The molecule has 1 aliphatic heterocycles. The fourth-order valence-electron chi connectivity index (χ4n) is 3.20. The van der Waals surface area contributed by atoms with Crippen LogP contribution in [0.1, 0.15) is 33.6 Å². The number of aromatic nitrogens is 1. The number of carboxylic acid groups (broad SMARTS) is 1. The van der Waals surface area contributed by atoms with Crippen LogP contribution in [0.25, 0.3) is 0 Å². The van der Waals surface area contributed by atoms with Crippen LogP contribution >= 0.6 is 0 Å². The van der Waals surface area contributed by atoms with E-state index in [1.165, 1.54) is 6.07 Å². The fraction of sp³-hybridized carbons (Fsp3) is 0.350. The van der Waals surface area contributed by atoms with Gasteiger partial charge in [-0.25, -0.2) is 4.39 Å². The van der Waals surface area contributed by atoms with Gasteiger partial charge < -0.3 is 15.1 Å². The SMILES string of the molecule is Cc1cc(CC2CCN(C(=O)c3cc(CO)ccn3)C2)ccc1F.O=CO. The third-order valence-electron chi connectivity index (χ3n) is 4.55. The maximum atomic E-state index is 13.4. The summed E-state index contributed by atoms with van der Waals surface area (Å²) >= 11 is 0. The summed E-state index contributed by atoms with van der Waals surface area (Å²) in [6, 6.07) is 8.54. The monoisotopic (exact) mass is 374 g/mol. The average Bonchev–Trinajstić information content (AvgIpc) is 3.13. The van der Waals surface area contributed by atoms with Crippen molar-refractivity contribution in [2.45, 2.75) is 26.4 Å². The van der Waals surface area contributed by atoms with Crippen LogP contribution in [-0.4, -0.2) is 45.6 Å². The lowest BCUT2D eigenvalue weighted by atomic mass is 9.97. The standard InChI is InChI=1S/C19H21FN2O2.CH2O2/c1-13-8-14(2-3-17(13)20)9-15-5-7-22(11-15)19(24)18-10-16(12-23)4-6-21-18;2-1-3/h2-4,6,8,10,15,23H,5,7,9,11-12H2,1H3;1H,(H,2,3). The summed E-state index contributed by atoms with van der Waals surface area (Å²) in [5.41, 5.74) is 2.82. The molecule has 1 amide bonds. The molecule has 2 N–H and O–H groups in total.